The summed E-state index contributed by atoms with van der Waals surface area (Å²) in [6, 6.07) is 15.1. The summed E-state index contributed by atoms with van der Waals surface area (Å²) < 4.78 is 87.3. The number of esters is 4. The van der Waals surface area contributed by atoms with Crippen LogP contribution in [0, 0.1) is 0 Å². The Morgan fingerprint density at radius 2 is 0.957 bits per heavy atom. The van der Waals surface area contributed by atoms with Gasteiger partial charge in [-0.25, -0.2) is 14.4 Å². The molecule has 0 amide bonds. The van der Waals surface area contributed by atoms with Gasteiger partial charge in [0, 0.05) is 19.1 Å². The highest BCUT2D eigenvalue weighted by Crippen LogP contribution is 2.42. The number of aliphatic hydroxyl groups excluding tert-OH is 13. The maximum atomic E-state index is 14.1. The Hall–Kier alpha value is -6.66. The topological polar surface area (TPSA) is 510 Å². The molecule has 34 heteroatoms. The van der Waals surface area contributed by atoms with Gasteiger partial charge in [0.2, 0.25) is 5.79 Å². The van der Waals surface area contributed by atoms with Crippen molar-refractivity contribution in [2.75, 3.05) is 53.9 Å². The lowest BCUT2D eigenvalue weighted by molar-refractivity contribution is -0.423. The number of phenols is 2. The van der Waals surface area contributed by atoms with Crippen LogP contribution in [0.4, 0.5) is 0 Å². The molecule has 0 bridgehead atoms. The monoisotopic (exact) mass is 1330 g/mol. The van der Waals surface area contributed by atoms with Gasteiger partial charge in [0.05, 0.1) is 39.6 Å². The molecule has 3 aromatic rings. The van der Waals surface area contributed by atoms with Crippen LogP contribution < -0.4 is 9.47 Å². The highest BCUT2D eigenvalue weighted by atomic mass is 16.8. The minimum atomic E-state index is -3.00. The van der Waals surface area contributed by atoms with Crippen molar-refractivity contribution in [3.63, 3.8) is 0 Å². The lowest BCUT2D eigenvalue weighted by atomic mass is 9.95. The van der Waals surface area contributed by atoms with Crippen LogP contribution in [0.1, 0.15) is 28.4 Å². The van der Waals surface area contributed by atoms with E-state index >= 15 is 0 Å². The van der Waals surface area contributed by atoms with Crippen LogP contribution in [0.5, 0.6) is 23.0 Å². The van der Waals surface area contributed by atoms with Gasteiger partial charge < -0.3 is 148 Å². The Morgan fingerprint density at radius 3 is 1.47 bits per heavy atom. The fourth-order valence-electron chi connectivity index (χ4n) is 10.5. The van der Waals surface area contributed by atoms with Gasteiger partial charge in [-0.2, -0.15) is 0 Å². The Labute approximate surface area is 527 Å². The van der Waals surface area contributed by atoms with Crippen molar-refractivity contribution < 1.29 is 167 Å². The number of rotatable bonds is 25. The summed E-state index contributed by atoms with van der Waals surface area (Å²) in [5.41, 5.74) is 0.423. The van der Waals surface area contributed by atoms with Crippen LogP contribution in [0.15, 0.2) is 78.9 Å². The molecular weight excluding hydrogens is 1250 g/mol. The zero-order valence-corrected chi connectivity index (χ0v) is 49.6. The van der Waals surface area contributed by atoms with Crippen LogP contribution in [-0.4, -0.2) is 301 Å². The molecule has 93 heavy (non-hydrogen) atoms. The number of aromatic hydroxyl groups is 2. The van der Waals surface area contributed by atoms with E-state index < -0.39 is 210 Å². The number of hydrogen-bond donors (Lipinski definition) is 15. The van der Waals surface area contributed by atoms with E-state index in [1.54, 1.807) is 6.07 Å². The third kappa shape index (κ3) is 16.9. The molecule has 15 N–H and O–H groups in total. The average molecular weight is 1330 g/mol. The number of carbonyl (C=O) groups excluding carboxylic acids is 4. The van der Waals surface area contributed by atoms with E-state index in [4.69, 9.17) is 71.1 Å². The van der Waals surface area contributed by atoms with E-state index in [0.717, 1.165) is 19.1 Å². The van der Waals surface area contributed by atoms with Gasteiger partial charge >= 0.3 is 23.9 Å². The number of methoxy groups -OCH3 is 2. The second-order valence-electron chi connectivity index (χ2n) is 21.8. The first-order valence-electron chi connectivity index (χ1n) is 28.8. The summed E-state index contributed by atoms with van der Waals surface area (Å²) in [7, 11) is 2.54. The standard InChI is InChI=1S/C59H74O34/c1-25(63)81-22-36-42(70)50(88-55-47(75)45(73)40(68)33(19-60)84-55)49(77)57(86-36)89-51-43(71)37(23-82-38(66)15-11-26-9-13-29(64)31(17-26)79-2)87-58(52(51)90-56-48(76)46(74)41(69)34(20-61)85-56)93-59(24-83-39(67)16-12-27-10-14-30(65)32(18-27)80-3)53(44(72)35(21-62)92-59)91-54(78)28-7-5-4-6-8-28/h4-18,33-37,40-53,55-58,60-62,64-65,68-77H,19-24H2,1-3H3. The molecule has 24 atom stereocenters. The third-order valence-electron chi connectivity index (χ3n) is 15.5. The quantitative estimate of drug-likeness (QED) is 0.0214. The van der Waals surface area contributed by atoms with Crippen LogP contribution in [-0.2, 0) is 76.0 Å². The SMILES string of the molecule is COc1cc(C=CC(=O)OCC2OC(OC3(COC(=O)C=Cc4ccc(O)c(OC)c4)OC(CO)C(O)C3OC(=O)c3ccccc3)C(OC3OC(CO)C(O)C(O)C3O)C(OC3OC(COC(C)=O)C(O)C(OC4OC(CO)C(O)C(O)C4O)C3O)C2O)ccc1O. The van der Waals surface area contributed by atoms with Crippen molar-refractivity contribution >= 4 is 36.0 Å². The second-order valence-corrected chi connectivity index (χ2v) is 21.8. The third-order valence-corrected chi connectivity index (χ3v) is 15.5. The summed E-state index contributed by atoms with van der Waals surface area (Å²) in [5, 5.41) is 165. The van der Waals surface area contributed by atoms with Gasteiger partial charge in [-0.3, -0.25) is 4.79 Å². The molecule has 0 radical (unpaired) electrons. The van der Waals surface area contributed by atoms with E-state index in [0.29, 0.717) is 5.56 Å². The molecule has 0 aliphatic carbocycles. The molecule has 0 saturated carbocycles. The fourth-order valence-corrected chi connectivity index (χ4v) is 10.5. The molecule has 5 heterocycles. The van der Waals surface area contributed by atoms with Gasteiger partial charge in [-0.15, -0.1) is 0 Å². The molecule has 5 aliphatic heterocycles. The maximum absolute atomic E-state index is 14.1. The summed E-state index contributed by atoms with van der Waals surface area (Å²) in [6.07, 6.45) is -45.3. The Bertz CT molecular complexity index is 3020. The van der Waals surface area contributed by atoms with Crippen molar-refractivity contribution in [2.24, 2.45) is 0 Å². The Kier molecular flexibility index (Phi) is 25.0. The summed E-state index contributed by atoms with van der Waals surface area (Å²) >= 11 is 0. The van der Waals surface area contributed by atoms with E-state index in [9.17, 15) is 95.8 Å². The normalized spacial score (nSPS) is 36.3. The first kappa shape index (κ1) is 72.2. The van der Waals surface area contributed by atoms with Gasteiger partial charge in [0.15, 0.2) is 54.3 Å². The number of aliphatic hydroxyl groups is 13. The Balaban J connectivity index is 1.25. The molecule has 5 fully saturated rings. The highest BCUT2D eigenvalue weighted by molar-refractivity contribution is 5.90. The largest absolute Gasteiger partial charge is 0.504 e. The number of phenolic OH excluding ortho intramolecular Hbond substituents is 2. The lowest BCUT2D eigenvalue weighted by Gasteiger charge is -2.51. The molecule has 0 aromatic heterocycles. The average Bonchev–Trinajstić information content (AvgIpc) is 1.71. The van der Waals surface area contributed by atoms with E-state index in [1.807, 2.05) is 0 Å². The first-order chi connectivity index (χ1) is 44.3. The van der Waals surface area contributed by atoms with Gasteiger partial charge in [0.25, 0.3) is 0 Å². The van der Waals surface area contributed by atoms with Crippen LogP contribution >= 0.6 is 0 Å². The zero-order chi connectivity index (χ0) is 67.6. The van der Waals surface area contributed by atoms with Crippen molar-refractivity contribution in [3.05, 3.63) is 95.6 Å². The predicted octanol–water partition coefficient (Wildman–Crippen LogP) is -5.53. The summed E-state index contributed by atoms with van der Waals surface area (Å²) in [4.78, 5) is 53.7. The molecule has 8 rings (SSSR count). The smallest absolute Gasteiger partial charge is 0.338 e. The molecule has 5 aliphatic rings. The molecule has 5 saturated heterocycles. The highest BCUT2D eigenvalue weighted by Gasteiger charge is 2.64. The van der Waals surface area contributed by atoms with Crippen molar-refractivity contribution in [1.82, 2.24) is 0 Å². The van der Waals surface area contributed by atoms with E-state index in [1.165, 1.54) is 87.0 Å². The fraction of sp³-hybridized carbons (Fsp3) is 0.559. The van der Waals surface area contributed by atoms with Crippen LogP contribution in [0.25, 0.3) is 12.2 Å². The number of benzene rings is 3. The van der Waals surface area contributed by atoms with Crippen molar-refractivity contribution in [1.29, 1.82) is 0 Å². The molecule has 3 aromatic carbocycles. The van der Waals surface area contributed by atoms with Crippen LogP contribution in [0.3, 0.4) is 0 Å². The van der Waals surface area contributed by atoms with E-state index in [2.05, 4.69) is 0 Å². The minimum Gasteiger partial charge on any atom is -0.504 e. The van der Waals surface area contributed by atoms with Gasteiger partial charge in [-0.1, -0.05) is 30.3 Å². The molecular formula is C59H74O34. The molecule has 24 unspecified atom stereocenters. The second kappa shape index (κ2) is 32.2. The molecule has 34 nitrogen and oxygen atoms in total. The number of ether oxygens (including phenoxy) is 15. The maximum Gasteiger partial charge on any atom is 0.338 e. The van der Waals surface area contributed by atoms with Crippen LogP contribution in [0.2, 0.25) is 0 Å². The molecule has 0 spiro atoms. The van der Waals surface area contributed by atoms with Gasteiger partial charge in [0.1, 0.15) is 130 Å². The van der Waals surface area contributed by atoms with E-state index in [-0.39, 0.29) is 34.1 Å². The summed E-state index contributed by atoms with van der Waals surface area (Å²) in [6.45, 7) is -5.41. The lowest BCUT2D eigenvalue weighted by Crippen LogP contribution is -2.69. The Morgan fingerprint density at radius 1 is 0.495 bits per heavy atom. The molecule has 514 valence electrons. The number of carbonyl (C=O) groups is 4. The van der Waals surface area contributed by atoms with Crippen molar-refractivity contribution in [3.8, 4) is 23.0 Å². The van der Waals surface area contributed by atoms with Gasteiger partial charge in [-0.05, 0) is 59.7 Å². The number of hydrogen-bond acceptors (Lipinski definition) is 34. The predicted molar refractivity (Wildman–Crippen MR) is 301 cm³/mol. The summed E-state index contributed by atoms with van der Waals surface area (Å²) in [5.74, 6) is -7.99. The first-order valence-corrected chi connectivity index (χ1v) is 28.8. The minimum absolute atomic E-state index is 0.00886. The van der Waals surface area contributed by atoms with Crippen molar-refractivity contribution in [2.45, 2.75) is 154 Å². The zero-order valence-electron chi connectivity index (χ0n) is 49.6.